The zero-order chi connectivity index (χ0) is 20.1. The number of anilines is 1. The van der Waals surface area contributed by atoms with E-state index in [1.165, 1.54) is 0 Å². The number of amides is 1. The van der Waals surface area contributed by atoms with Crippen molar-refractivity contribution in [2.24, 2.45) is 0 Å². The predicted octanol–water partition coefficient (Wildman–Crippen LogP) is 3.45. The van der Waals surface area contributed by atoms with Crippen molar-refractivity contribution in [2.45, 2.75) is 19.3 Å². The van der Waals surface area contributed by atoms with E-state index in [0.717, 1.165) is 49.3 Å². The molecule has 6 nitrogen and oxygen atoms in total. The summed E-state index contributed by atoms with van der Waals surface area (Å²) in [6.07, 6.45) is 6.63. The molecule has 0 radical (unpaired) electrons. The van der Waals surface area contributed by atoms with Crippen LogP contribution in [-0.2, 0) is 6.42 Å². The summed E-state index contributed by atoms with van der Waals surface area (Å²) >= 11 is 0. The molecule has 4 rings (SSSR count). The highest BCUT2D eigenvalue weighted by Crippen LogP contribution is 2.23. The van der Waals surface area contributed by atoms with Gasteiger partial charge in [-0.25, -0.2) is 9.97 Å². The van der Waals surface area contributed by atoms with Crippen molar-refractivity contribution in [1.82, 2.24) is 19.9 Å². The number of hydrogen-bond donors (Lipinski definition) is 0. The number of benzene rings is 1. The maximum absolute atomic E-state index is 13.1. The van der Waals surface area contributed by atoms with Crippen LogP contribution in [0.3, 0.4) is 0 Å². The summed E-state index contributed by atoms with van der Waals surface area (Å²) in [5, 5.41) is 0. The Morgan fingerprint density at radius 1 is 1.03 bits per heavy atom. The van der Waals surface area contributed by atoms with Crippen molar-refractivity contribution in [3.05, 3.63) is 72.2 Å². The number of carbonyl (C=O) groups excluding carboxylic acids is 1. The quantitative estimate of drug-likeness (QED) is 0.648. The minimum atomic E-state index is -0.0842. The fraction of sp³-hybridized carbons (Fsp3) is 0.304. The molecule has 0 spiro atoms. The molecule has 148 valence electrons. The van der Waals surface area contributed by atoms with Crippen LogP contribution in [0.15, 0.2) is 60.9 Å². The lowest BCUT2D eigenvalue weighted by Crippen LogP contribution is -2.30. The molecule has 0 N–H and O–H groups in total. The molecule has 0 aliphatic carbocycles. The minimum Gasteiger partial charge on any atom is -0.356 e. The highest BCUT2D eigenvalue weighted by molar-refractivity contribution is 5.93. The Hall–Kier alpha value is -3.28. The lowest BCUT2D eigenvalue weighted by molar-refractivity contribution is 0.0791. The molecule has 0 saturated carbocycles. The Kier molecular flexibility index (Phi) is 5.79. The van der Waals surface area contributed by atoms with Crippen LogP contribution in [0.2, 0.25) is 0 Å². The molecule has 3 aromatic rings. The van der Waals surface area contributed by atoms with Crippen molar-refractivity contribution >= 4 is 11.7 Å². The van der Waals surface area contributed by atoms with Gasteiger partial charge in [0.15, 0.2) is 5.82 Å². The molecule has 1 saturated heterocycles. The highest BCUT2D eigenvalue weighted by atomic mass is 16.2. The second kappa shape index (κ2) is 8.82. The molecule has 1 aliphatic rings. The van der Waals surface area contributed by atoms with E-state index in [1.807, 2.05) is 55.6 Å². The first-order valence-corrected chi connectivity index (χ1v) is 10.0. The number of carbonyl (C=O) groups is 1. The van der Waals surface area contributed by atoms with E-state index in [1.54, 1.807) is 17.3 Å². The predicted molar refractivity (Wildman–Crippen MR) is 114 cm³/mol. The van der Waals surface area contributed by atoms with E-state index in [9.17, 15) is 4.79 Å². The number of likely N-dealkylation sites (N-methyl/N-ethyl adjacent to an activating group) is 1. The number of aromatic nitrogens is 3. The van der Waals surface area contributed by atoms with Crippen molar-refractivity contribution in [1.29, 1.82) is 0 Å². The summed E-state index contributed by atoms with van der Waals surface area (Å²) < 4.78 is 0. The van der Waals surface area contributed by atoms with Gasteiger partial charge in [-0.2, -0.15) is 0 Å². The van der Waals surface area contributed by atoms with Gasteiger partial charge in [0.25, 0.3) is 5.91 Å². The SMILES string of the molecule is CN(CCc1ccncc1)C(=O)c1cc(N2CCCC2)nc(-c2ccccc2)n1. The number of hydrogen-bond acceptors (Lipinski definition) is 5. The molecule has 3 heterocycles. The molecule has 0 atom stereocenters. The van der Waals surface area contributed by atoms with Crippen LogP contribution >= 0.6 is 0 Å². The standard InChI is InChI=1S/C23H25N5O/c1-27(16-11-18-9-12-24-13-10-18)23(29)20-17-21(28-14-5-6-15-28)26-22(25-20)19-7-3-2-4-8-19/h2-4,7-10,12-13,17H,5-6,11,14-16H2,1H3. The first-order valence-electron chi connectivity index (χ1n) is 10.0. The summed E-state index contributed by atoms with van der Waals surface area (Å²) in [6, 6.07) is 15.6. The van der Waals surface area contributed by atoms with Gasteiger partial charge in [0, 0.05) is 50.7 Å². The number of rotatable bonds is 6. The van der Waals surface area contributed by atoms with Gasteiger partial charge in [-0.15, -0.1) is 0 Å². The zero-order valence-corrected chi connectivity index (χ0v) is 16.7. The smallest absolute Gasteiger partial charge is 0.272 e. The average molecular weight is 387 g/mol. The van der Waals surface area contributed by atoms with E-state index in [4.69, 9.17) is 4.98 Å². The summed E-state index contributed by atoms with van der Waals surface area (Å²) in [5.41, 5.74) is 2.52. The van der Waals surface area contributed by atoms with Crippen LogP contribution in [0.1, 0.15) is 28.9 Å². The number of nitrogens with zero attached hydrogens (tertiary/aromatic N) is 5. The topological polar surface area (TPSA) is 62.2 Å². The van der Waals surface area contributed by atoms with Crippen molar-refractivity contribution < 1.29 is 4.79 Å². The van der Waals surface area contributed by atoms with E-state index in [0.29, 0.717) is 18.1 Å². The van der Waals surface area contributed by atoms with E-state index < -0.39 is 0 Å². The molecule has 1 aliphatic heterocycles. The van der Waals surface area contributed by atoms with E-state index >= 15 is 0 Å². The van der Waals surface area contributed by atoms with Crippen LogP contribution in [0.25, 0.3) is 11.4 Å². The van der Waals surface area contributed by atoms with Gasteiger partial charge in [-0.1, -0.05) is 30.3 Å². The van der Waals surface area contributed by atoms with E-state index in [2.05, 4.69) is 14.9 Å². The first kappa shape index (κ1) is 19.1. The van der Waals surface area contributed by atoms with Gasteiger partial charge >= 0.3 is 0 Å². The fourth-order valence-corrected chi connectivity index (χ4v) is 3.51. The van der Waals surface area contributed by atoms with Crippen molar-refractivity contribution in [3.8, 4) is 11.4 Å². The van der Waals surface area contributed by atoms with E-state index in [-0.39, 0.29) is 5.91 Å². The van der Waals surface area contributed by atoms with Gasteiger partial charge < -0.3 is 9.80 Å². The molecular formula is C23H25N5O. The highest BCUT2D eigenvalue weighted by Gasteiger charge is 2.21. The van der Waals surface area contributed by atoms with Crippen LogP contribution in [0, 0.1) is 0 Å². The number of pyridine rings is 1. The molecule has 1 fully saturated rings. The Labute approximate surface area is 171 Å². The maximum atomic E-state index is 13.1. The Morgan fingerprint density at radius 3 is 2.48 bits per heavy atom. The molecule has 0 bridgehead atoms. The second-order valence-electron chi connectivity index (χ2n) is 7.33. The lowest BCUT2D eigenvalue weighted by Gasteiger charge is -2.20. The third-order valence-corrected chi connectivity index (χ3v) is 5.23. The van der Waals surface area contributed by atoms with Crippen LogP contribution < -0.4 is 4.90 Å². The van der Waals surface area contributed by atoms with Gasteiger partial charge in [0.05, 0.1) is 0 Å². The van der Waals surface area contributed by atoms with Crippen molar-refractivity contribution in [2.75, 3.05) is 31.6 Å². The van der Waals surface area contributed by atoms with Crippen LogP contribution in [0.4, 0.5) is 5.82 Å². The second-order valence-corrected chi connectivity index (χ2v) is 7.33. The van der Waals surface area contributed by atoms with Crippen molar-refractivity contribution in [3.63, 3.8) is 0 Å². The largest absolute Gasteiger partial charge is 0.356 e. The Balaban J connectivity index is 1.59. The summed E-state index contributed by atoms with van der Waals surface area (Å²) in [4.78, 5) is 30.5. The summed E-state index contributed by atoms with van der Waals surface area (Å²) in [7, 11) is 1.82. The third-order valence-electron chi connectivity index (χ3n) is 5.23. The normalized spacial score (nSPS) is 13.5. The molecule has 6 heteroatoms. The Morgan fingerprint density at radius 2 is 1.76 bits per heavy atom. The fourth-order valence-electron chi connectivity index (χ4n) is 3.51. The summed E-state index contributed by atoms with van der Waals surface area (Å²) in [5.74, 6) is 1.35. The van der Waals surface area contributed by atoms with Gasteiger partial charge in [0.1, 0.15) is 11.5 Å². The molecule has 1 aromatic carbocycles. The molecule has 29 heavy (non-hydrogen) atoms. The average Bonchev–Trinajstić information content (AvgIpc) is 3.33. The molecule has 0 unspecified atom stereocenters. The monoisotopic (exact) mass is 387 g/mol. The summed E-state index contributed by atoms with van der Waals surface area (Å²) in [6.45, 7) is 2.56. The molecule has 2 aromatic heterocycles. The van der Waals surface area contributed by atoms with Gasteiger partial charge in [-0.05, 0) is 37.0 Å². The molecular weight excluding hydrogens is 362 g/mol. The minimum absolute atomic E-state index is 0.0842. The van der Waals surface area contributed by atoms with Gasteiger partial charge in [0.2, 0.25) is 0 Å². The zero-order valence-electron chi connectivity index (χ0n) is 16.7. The van der Waals surface area contributed by atoms with Crippen LogP contribution in [-0.4, -0.2) is 52.4 Å². The maximum Gasteiger partial charge on any atom is 0.272 e. The van der Waals surface area contributed by atoms with Crippen LogP contribution in [0.5, 0.6) is 0 Å². The molecule has 1 amide bonds. The lowest BCUT2D eigenvalue weighted by atomic mass is 10.2. The van der Waals surface area contributed by atoms with Gasteiger partial charge in [-0.3, -0.25) is 9.78 Å². The first-order chi connectivity index (χ1) is 14.2. The third kappa shape index (κ3) is 4.59. The Bertz CT molecular complexity index is 956.